The second-order valence-corrected chi connectivity index (χ2v) is 10.9. The van der Waals surface area contributed by atoms with Gasteiger partial charge in [0.1, 0.15) is 12.1 Å². The van der Waals surface area contributed by atoms with Crippen LogP contribution in [0.4, 0.5) is 0 Å². The standard InChI is InChI=1S/C27H30ClN3O5S/c1-3-18(2)25(27(33)30-34)29-26(32)24(17-19-7-5-4-6-8-19)31-37(35,36)23-15-11-21(12-16-23)20-9-13-22(28)14-10-20/h4-16,18,24-25,31,34H,3,17H2,1-2H3,(H,29,32)(H,30,33)/t18-,24-,25-/m0/s1. The minimum Gasteiger partial charge on any atom is -0.343 e. The molecule has 2 amide bonds. The van der Waals surface area contributed by atoms with Gasteiger partial charge >= 0.3 is 0 Å². The smallest absolute Gasteiger partial charge is 0.266 e. The van der Waals surface area contributed by atoms with Crippen LogP contribution in [-0.2, 0) is 26.0 Å². The predicted octanol–water partition coefficient (Wildman–Crippen LogP) is 3.93. The highest BCUT2D eigenvalue weighted by atomic mass is 35.5. The quantitative estimate of drug-likeness (QED) is 0.215. The van der Waals surface area contributed by atoms with E-state index in [4.69, 9.17) is 16.8 Å². The van der Waals surface area contributed by atoms with Crippen molar-refractivity contribution in [1.29, 1.82) is 0 Å². The minimum atomic E-state index is -4.10. The molecule has 0 bridgehead atoms. The van der Waals surface area contributed by atoms with Gasteiger partial charge in [-0.15, -0.1) is 0 Å². The highest BCUT2D eigenvalue weighted by molar-refractivity contribution is 7.89. The summed E-state index contributed by atoms with van der Waals surface area (Å²) in [6, 6.07) is 20.1. The van der Waals surface area contributed by atoms with Gasteiger partial charge in [-0.1, -0.05) is 86.5 Å². The number of hydroxylamine groups is 1. The molecule has 8 nitrogen and oxygen atoms in total. The van der Waals surface area contributed by atoms with E-state index < -0.39 is 33.9 Å². The molecule has 3 aromatic rings. The predicted molar refractivity (Wildman–Crippen MR) is 142 cm³/mol. The van der Waals surface area contributed by atoms with Crippen LogP contribution < -0.4 is 15.5 Å². The van der Waals surface area contributed by atoms with Crippen LogP contribution >= 0.6 is 11.6 Å². The van der Waals surface area contributed by atoms with Crippen molar-refractivity contribution in [2.75, 3.05) is 0 Å². The number of hydrogen-bond acceptors (Lipinski definition) is 5. The number of carbonyl (C=O) groups excluding carboxylic acids is 2. The van der Waals surface area contributed by atoms with Crippen LogP contribution in [0.3, 0.4) is 0 Å². The monoisotopic (exact) mass is 543 g/mol. The van der Waals surface area contributed by atoms with Crippen molar-refractivity contribution in [1.82, 2.24) is 15.5 Å². The lowest BCUT2D eigenvalue weighted by Crippen LogP contribution is -2.56. The van der Waals surface area contributed by atoms with Gasteiger partial charge < -0.3 is 5.32 Å². The fourth-order valence-corrected chi connectivity index (χ4v) is 5.11. The molecule has 0 fully saturated rings. The molecule has 0 aliphatic rings. The van der Waals surface area contributed by atoms with E-state index in [1.165, 1.54) is 12.1 Å². The summed E-state index contributed by atoms with van der Waals surface area (Å²) in [5.41, 5.74) is 3.98. The van der Waals surface area contributed by atoms with Gasteiger partial charge in [-0.3, -0.25) is 14.8 Å². The van der Waals surface area contributed by atoms with Gasteiger partial charge in [0, 0.05) is 5.02 Å². The normalized spacial score (nSPS) is 13.8. The van der Waals surface area contributed by atoms with Crippen molar-refractivity contribution >= 4 is 33.4 Å². The summed E-state index contributed by atoms with van der Waals surface area (Å²) in [6.07, 6.45) is 0.607. The summed E-state index contributed by atoms with van der Waals surface area (Å²) in [4.78, 5) is 25.4. The molecular weight excluding hydrogens is 514 g/mol. The Balaban J connectivity index is 1.86. The number of hydrogen-bond donors (Lipinski definition) is 4. The maximum absolute atomic E-state index is 13.3. The summed E-state index contributed by atoms with van der Waals surface area (Å²) < 4.78 is 29.0. The molecule has 0 unspecified atom stereocenters. The zero-order valence-electron chi connectivity index (χ0n) is 20.5. The summed E-state index contributed by atoms with van der Waals surface area (Å²) in [6.45, 7) is 3.59. The summed E-state index contributed by atoms with van der Waals surface area (Å²) in [5.74, 6) is -1.76. The lowest BCUT2D eigenvalue weighted by atomic mass is 9.97. The molecule has 0 radical (unpaired) electrons. The Morgan fingerprint density at radius 3 is 2.00 bits per heavy atom. The fraction of sp³-hybridized carbons (Fsp3) is 0.259. The Hall–Kier alpha value is -3.24. The van der Waals surface area contributed by atoms with Gasteiger partial charge in [0.05, 0.1) is 4.90 Å². The van der Waals surface area contributed by atoms with E-state index in [0.717, 1.165) is 16.7 Å². The van der Waals surface area contributed by atoms with E-state index in [2.05, 4.69) is 10.0 Å². The van der Waals surface area contributed by atoms with Gasteiger partial charge in [-0.25, -0.2) is 13.9 Å². The average Bonchev–Trinajstić information content (AvgIpc) is 2.91. The van der Waals surface area contributed by atoms with Crippen molar-refractivity contribution in [2.45, 2.75) is 43.7 Å². The van der Waals surface area contributed by atoms with E-state index in [-0.39, 0.29) is 17.2 Å². The van der Waals surface area contributed by atoms with E-state index >= 15 is 0 Å². The summed E-state index contributed by atoms with van der Waals surface area (Å²) in [5, 5.41) is 12.3. The number of halogens is 1. The molecule has 4 N–H and O–H groups in total. The van der Waals surface area contributed by atoms with E-state index in [1.54, 1.807) is 60.9 Å². The lowest BCUT2D eigenvalue weighted by Gasteiger charge is -2.25. The largest absolute Gasteiger partial charge is 0.343 e. The molecule has 3 aromatic carbocycles. The van der Waals surface area contributed by atoms with Gasteiger partial charge in [0.15, 0.2) is 0 Å². The molecule has 196 valence electrons. The zero-order chi connectivity index (χ0) is 27.0. The second-order valence-electron chi connectivity index (χ2n) is 8.74. The zero-order valence-corrected chi connectivity index (χ0v) is 22.1. The van der Waals surface area contributed by atoms with Crippen LogP contribution in [0.15, 0.2) is 83.8 Å². The van der Waals surface area contributed by atoms with E-state index in [9.17, 15) is 18.0 Å². The molecule has 37 heavy (non-hydrogen) atoms. The van der Waals surface area contributed by atoms with Crippen molar-refractivity contribution in [3.63, 3.8) is 0 Å². The molecule has 0 spiro atoms. The Kier molecular flexibility index (Phi) is 9.82. The van der Waals surface area contributed by atoms with Crippen LogP contribution in [0.1, 0.15) is 25.8 Å². The number of benzene rings is 3. The number of carbonyl (C=O) groups is 2. The third-order valence-electron chi connectivity index (χ3n) is 6.14. The molecule has 0 heterocycles. The van der Waals surface area contributed by atoms with Crippen LogP contribution in [0, 0.1) is 5.92 Å². The number of sulfonamides is 1. The molecule has 0 saturated heterocycles. The van der Waals surface area contributed by atoms with Crippen LogP contribution in [0.2, 0.25) is 5.02 Å². The van der Waals surface area contributed by atoms with Crippen LogP contribution in [-0.4, -0.2) is 37.5 Å². The van der Waals surface area contributed by atoms with Crippen molar-refractivity contribution < 1.29 is 23.2 Å². The lowest BCUT2D eigenvalue weighted by molar-refractivity contribution is -0.136. The summed E-state index contributed by atoms with van der Waals surface area (Å²) >= 11 is 5.94. The third-order valence-corrected chi connectivity index (χ3v) is 7.88. The first-order valence-electron chi connectivity index (χ1n) is 11.8. The van der Waals surface area contributed by atoms with Crippen molar-refractivity contribution in [3.05, 3.63) is 89.4 Å². The first-order chi connectivity index (χ1) is 17.6. The molecule has 10 heteroatoms. The maximum Gasteiger partial charge on any atom is 0.266 e. The van der Waals surface area contributed by atoms with Gasteiger partial charge in [-0.05, 0) is 53.3 Å². The Labute approximate surface area is 222 Å². The molecule has 0 aromatic heterocycles. The topological polar surface area (TPSA) is 125 Å². The summed E-state index contributed by atoms with van der Waals surface area (Å²) in [7, 11) is -4.10. The van der Waals surface area contributed by atoms with Crippen molar-refractivity contribution in [3.8, 4) is 11.1 Å². The molecule has 3 rings (SSSR count). The van der Waals surface area contributed by atoms with E-state index in [1.807, 2.05) is 25.1 Å². The molecule has 0 saturated carbocycles. The van der Waals surface area contributed by atoms with Gasteiger partial charge in [-0.2, -0.15) is 4.72 Å². The fourth-order valence-electron chi connectivity index (χ4n) is 3.79. The first kappa shape index (κ1) is 28.3. The highest BCUT2D eigenvalue weighted by Gasteiger charge is 2.31. The second kappa shape index (κ2) is 12.8. The van der Waals surface area contributed by atoms with Crippen LogP contribution in [0.25, 0.3) is 11.1 Å². The first-order valence-corrected chi connectivity index (χ1v) is 13.7. The third kappa shape index (κ3) is 7.62. The minimum absolute atomic E-state index is 0.0114. The molecule has 0 aliphatic carbocycles. The number of rotatable bonds is 11. The van der Waals surface area contributed by atoms with Crippen LogP contribution in [0.5, 0.6) is 0 Å². The van der Waals surface area contributed by atoms with Gasteiger partial charge in [0.25, 0.3) is 5.91 Å². The molecule has 0 aliphatic heterocycles. The highest BCUT2D eigenvalue weighted by Crippen LogP contribution is 2.23. The Morgan fingerprint density at radius 1 is 0.892 bits per heavy atom. The Morgan fingerprint density at radius 2 is 1.46 bits per heavy atom. The maximum atomic E-state index is 13.3. The number of nitrogens with one attached hydrogen (secondary N) is 3. The molecular formula is C27H30ClN3O5S. The van der Waals surface area contributed by atoms with Gasteiger partial charge in [0.2, 0.25) is 15.9 Å². The van der Waals surface area contributed by atoms with Crippen molar-refractivity contribution in [2.24, 2.45) is 5.92 Å². The average molecular weight is 544 g/mol. The Bertz CT molecular complexity index is 1300. The van der Waals surface area contributed by atoms with E-state index in [0.29, 0.717) is 11.4 Å². The SMILES string of the molecule is CC[C@H](C)[C@H](NC(=O)[C@H](Cc1ccccc1)NS(=O)(=O)c1ccc(-c2ccc(Cl)cc2)cc1)C(=O)NO. The molecule has 3 atom stereocenters. The number of amides is 2.